The van der Waals surface area contributed by atoms with Gasteiger partial charge in [-0.25, -0.2) is 4.98 Å². The number of benzene rings is 2. The third-order valence-corrected chi connectivity index (χ3v) is 4.33. The average Bonchev–Trinajstić information content (AvgIpc) is 3.13. The molecule has 3 nitrogen and oxygen atoms in total. The van der Waals surface area contributed by atoms with Gasteiger partial charge in [-0.05, 0) is 36.6 Å². The maximum Gasteiger partial charge on any atom is 0.228 e. The summed E-state index contributed by atoms with van der Waals surface area (Å²) in [5, 5.41) is 1.87. The monoisotopic (exact) mass is 322 g/mol. The number of fused-ring (bicyclic) bond motifs is 1. The van der Waals surface area contributed by atoms with Crippen LogP contribution in [-0.2, 0) is 6.54 Å². The van der Waals surface area contributed by atoms with E-state index in [9.17, 15) is 0 Å². The number of halogens is 1. The molecule has 0 atom stereocenters. The van der Waals surface area contributed by atoms with Crippen LogP contribution in [0, 0.1) is 6.92 Å². The average molecular weight is 323 g/mol. The van der Waals surface area contributed by atoms with E-state index in [0.29, 0.717) is 17.5 Å². The lowest BCUT2D eigenvalue weighted by Crippen LogP contribution is -1.99. The highest BCUT2D eigenvalue weighted by Crippen LogP contribution is 2.29. The molecule has 0 saturated heterocycles. The summed E-state index contributed by atoms with van der Waals surface area (Å²) in [5.74, 6) is 1.39. The Labute approximate surface area is 139 Å². The van der Waals surface area contributed by atoms with E-state index in [1.54, 1.807) is 0 Å². The lowest BCUT2D eigenvalue weighted by Gasteiger charge is -2.03. The van der Waals surface area contributed by atoms with Crippen molar-refractivity contribution in [2.45, 2.75) is 13.5 Å². The van der Waals surface area contributed by atoms with E-state index < -0.39 is 0 Å². The molecule has 0 aliphatic carbocycles. The van der Waals surface area contributed by atoms with Gasteiger partial charge >= 0.3 is 0 Å². The Morgan fingerprint density at radius 3 is 2.70 bits per heavy atom. The van der Waals surface area contributed by atoms with Crippen molar-refractivity contribution in [3.05, 3.63) is 77.3 Å². The van der Waals surface area contributed by atoms with Crippen molar-refractivity contribution in [2.75, 3.05) is 0 Å². The second-order valence-corrected chi connectivity index (χ2v) is 5.91. The first-order chi connectivity index (χ1) is 11.2. The number of para-hydroxylation sites is 1. The summed E-state index contributed by atoms with van der Waals surface area (Å²) in [6.07, 6.45) is 2.08. The minimum absolute atomic E-state index is 0.569. The molecule has 0 fully saturated rings. The van der Waals surface area contributed by atoms with Crippen molar-refractivity contribution < 1.29 is 4.42 Å². The molecule has 0 unspecified atom stereocenters. The molecular formula is C19H15ClN2O. The molecule has 0 bridgehead atoms. The van der Waals surface area contributed by atoms with Crippen molar-refractivity contribution in [1.29, 1.82) is 0 Å². The van der Waals surface area contributed by atoms with Crippen molar-refractivity contribution in [2.24, 2.45) is 0 Å². The lowest BCUT2D eigenvalue weighted by atomic mass is 10.2. The largest absolute Gasteiger partial charge is 0.441 e. The summed E-state index contributed by atoms with van der Waals surface area (Å²) in [5.41, 5.74) is 2.93. The maximum atomic E-state index is 6.24. The Morgan fingerprint density at radius 1 is 1.04 bits per heavy atom. The van der Waals surface area contributed by atoms with E-state index in [1.807, 2.05) is 43.3 Å². The Kier molecular flexibility index (Phi) is 3.43. The molecule has 0 radical (unpaired) electrons. The van der Waals surface area contributed by atoms with Crippen molar-refractivity contribution in [3.63, 3.8) is 0 Å². The number of nitrogens with zero attached hydrogens (tertiary/aromatic N) is 2. The van der Waals surface area contributed by atoms with E-state index in [4.69, 9.17) is 16.0 Å². The van der Waals surface area contributed by atoms with E-state index in [0.717, 1.165) is 17.0 Å². The summed E-state index contributed by atoms with van der Waals surface area (Å²) in [6, 6.07) is 18.0. The van der Waals surface area contributed by atoms with E-state index in [1.165, 1.54) is 10.9 Å². The molecule has 4 heteroatoms. The lowest BCUT2D eigenvalue weighted by molar-refractivity contribution is 0.538. The van der Waals surface area contributed by atoms with Crippen LogP contribution < -0.4 is 0 Å². The second kappa shape index (κ2) is 5.60. The highest BCUT2D eigenvalue weighted by atomic mass is 35.5. The van der Waals surface area contributed by atoms with Gasteiger partial charge in [0, 0.05) is 11.7 Å². The second-order valence-electron chi connectivity index (χ2n) is 5.50. The fraction of sp³-hybridized carbons (Fsp3) is 0.105. The summed E-state index contributed by atoms with van der Waals surface area (Å²) in [7, 11) is 0. The number of hydrogen-bond donors (Lipinski definition) is 0. The van der Waals surface area contributed by atoms with E-state index in [-0.39, 0.29) is 0 Å². The minimum atomic E-state index is 0.569. The molecule has 0 aliphatic heterocycles. The summed E-state index contributed by atoms with van der Waals surface area (Å²) < 4.78 is 8.01. The van der Waals surface area contributed by atoms with Gasteiger partial charge in [0.05, 0.1) is 17.1 Å². The van der Waals surface area contributed by atoms with Crippen LogP contribution in [0.1, 0.15) is 11.5 Å². The highest BCUT2D eigenvalue weighted by molar-refractivity contribution is 6.33. The third kappa shape index (κ3) is 2.53. The van der Waals surface area contributed by atoms with Gasteiger partial charge in [0.1, 0.15) is 11.5 Å². The van der Waals surface area contributed by atoms with E-state index in [2.05, 4.69) is 33.9 Å². The van der Waals surface area contributed by atoms with Crippen LogP contribution >= 0.6 is 11.6 Å². The molecule has 114 valence electrons. The van der Waals surface area contributed by atoms with E-state index >= 15 is 0 Å². The number of aromatic nitrogens is 2. The molecule has 2 heterocycles. The van der Waals surface area contributed by atoms with Gasteiger partial charge in [-0.2, -0.15) is 0 Å². The Balaban J connectivity index is 1.72. The molecule has 0 amide bonds. The number of rotatable bonds is 3. The summed E-state index contributed by atoms with van der Waals surface area (Å²) >= 11 is 6.24. The molecule has 0 aliphatic rings. The molecular weight excluding hydrogens is 308 g/mol. The highest BCUT2D eigenvalue weighted by Gasteiger charge is 2.14. The van der Waals surface area contributed by atoms with Gasteiger partial charge in [-0.1, -0.05) is 41.9 Å². The number of aryl methyl sites for hydroxylation is 1. The van der Waals surface area contributed by atoms with Crippen molar-refractivity contribution in [3.8, 4) is 11.5 Å². The Hall–Kier alpha value is -2.52. The van der Waals surface area contributed by atoms with Crippen LogP contribution in [0.5, 0.6) is 0 Å². The molecule has 0 saturated carbocycles. The van der Waals surface area contributed by atoms with Gasteiger partial charge in [0.15, 0.2) is 0 Å². The number of oxazole rings is 1. The van der Waals surface area contributed by atoms with Crippen LogP contribution in [0.2, 0.25) is 5.02 Å². The standard InChI is InChI=1S/C19H15ClN2O/c1-13-17(12-22-11-10-14-6-2-5-9-18(14)22)21-19(23-13)15-7-3-4-8-16(15)20/h2-11H,12H2,1H3. The summed E-state index contributed by atoms with van der Waals surface area (Å²) in [4.78, 5) is 4.65. The first kappa shape index (κ1) is 14.1. The quantitative estimate of drug-likeness (QED) is 0.512. The smallest absolute Gasteiger partial charge is 0.228 e. The molecule has 2 aromatic heterocycles. The fourth-order valence-electron chi connectivity index (χ4n) is 2.76. The molecule has 23 heavy (non-hydrogen) atoms. The van der Waals surface area contributed by atoms with Crippen LogP contribution in [-0.4, -0.2) is 9.55 Å². The zero-order valence-corrected chi connectivity index (χ0v) is 13.4. The van der Waals surface area contributed by atoms with Gasteiger partial charge in [-0.3, -0.25) is 0 Å². The minimum Gasteiger partial charge on any atom is -0.441 e. The van der Waals surface area contributed by atoms with Crippen LogP contribution in [0.25, 0.3) is 22.4 Å². The molecule has 4 rings (SSSR count). The third-order valence-electron chi connectivity index (χ3n) is 4.00. The predicted molar refractivity (Wildman–Crippen MR) is 92.7 cm³/mol. The van der Waals surface area contributed by atoms with Crippen molar-refractivity contribution in [1.82, 2.24) is 9.55 Å². The zero-order valence-electron chi connectivity index (χ0n) is 12.7. The molecule has 0 spiro atoms. The van der Waals surface area contributed by atoms with Crippen LogP contribution in [0.4, 0.5) is 0 Å². The molecule has 2 aromatic carbocycles. The normalized spacial score (nSPS) is 11.2. The van der Waals surface area contributed by atoms with Crippen molar-refractivity contribution >= 4 is 22.5 Å². The maximum absolute atomic E-state index is 6.24. The molecule has 0 N–H and O–H groups in total. The summed E-state index contributed by atoms with van der Waals surface area (Å²) in [6.45, 7) is 2.61. The Bertz CT molecular complexity index is 984. The molecule has 4 aromatic rings. The van der Waals surface area contributed by atoms with Gasteiger partial charge in [0.2, 0.25) is 5.89 Å². The first-order valence-corrected chi connectivity index (χ1v) is 7.85. The van der Waals surface area contributed by atoms with Gasteiger partial charge in [0.25, 0.3) is 0 Å². The van der Waals surface area contributed by atoms with Crippen LogP contribution in [0.3, 0.4) is 0 Å². The predicted octanol–water partition coefficient (Wildman–Crippen LogP) is 5.31. The van der Waals surface area contributed by atoms with Gasteiger partial charge in [-0.15, -0.1) is 0 Å². The fourth-order valence-corrected chi connectivity index (χ4v) is 2.98. The van der Waals surface area contributed by atoms with Gasteiger partial charge < -0.3 is 8.98 Å². The zero-order chi connectivity index (χ0) is 15.8. The SMILES string of the molecule is Cc1oc(-c2ccccc2Cl)nc1Cn1ccc2ccccc21. The topological polar surface area (TPSA) is 31.0 Å². The first-order valence-electron chi connectivity index (χ1n) is 7.47. The van der Waals surface area contributed by atoms with Crippen LogP contribution in [0.15, 0.2) is 65.2 Å². The Morgan fingerprint density at radius 2 is 1.83 bits per heavy atom. The number of hydrogen-bond acceptors (Lipinski definition) is 2.